The molecule has 344 valence electrons. The number of hydrogen-bond donors (Lipinski definition) is 0. The van der Waals surface area contributed by atoms with Crippen molar-refractivity contribution in [2.24, 2.45) is 0 Å². The second-order valence-corrected chi connectivity index (χ2v) is 23.1. The van der Waals surface area contributed by atoms with E-state index in [1.54, 1.807) is 0 Å². The molecule has 13 aromatic carbocycles. The van der Waals surface area contributed by atoms with E-state index in [2.05, 4.69) is 248 Å². The Hall–Kier alpha value is -8.32. The first kappa shape index (κ1) is 41.3. The summed E-state index contributed by atoms with van der Waals surface area (Å²) in [7, 11) is 0. The Morgan fingerprint density at radius 1 is 0.219 bits per heavy atom. The van der Waals surface area contributed by atoms with Crippen LogP contribution in [0.3, 0.4) is 0 Å². The van der Waals surface area contributed by atoms with Crippen molar-refractivity contribution < 1.29 is 0 Å². The van der Waals surface area contributed by atoms with Crippen molar-refractivity contribution in [3.8, 4) is 66.8 Å². The molecule has 0 spiro atoms. The average molecular weight is 929 g/mol. The van der Waals surface area contributed by atoms with Gasteiger partial charge in [0.05, 0.1) is 0 Å². The summed E-state index contributed by atoms with van der Waals surface area (Å²) in [5, 5.41) is 15.7. The lowest BCUT2D eigenvalue weighted by Crippen LogP contribution is -2.15. The molecule has 0 heterocycles. The summed E-state index contributed by atoms with van der Waals surface area (Å²) < 4.78 is 0. The van der Waals surface area contributed by atoms with Gasteiger partial charge in [0.2, 0.25) is 0 Å². The molecule has 0 radical (unpaired) electrons. The van der Waals surface area contributed by atoms with Crippen LogP contribution in [0.25, 0.3) is 131 Å². The highest BCUT2D eigenvalue weighted by Crippen LogP contribution is 2.57. The van der Waals surface area contributed by atoms with Crippen molar-refractivity contribution in [3.05, 3.63) is 240 Å². The molecule has 0 saturated heterocycles. The van der Waals surface area contributed by atoms with Crippen molar-refractivity contribution in [1.82, 2.24) is 0 Å². The number of fused-ring (bicyclic) bond motifs is 13. The topological polar surface area (TPSA) is 0 Å². The number of rotatable bonds is 3. The highest BCUT2D eigenvalue weighted by molar-refractivity contribution is 6.34. The van der Waals surface area contributed by atoms with E-state index in [4.69, 9.17) is 0 Å². The highest BCUT2D eigenvalue weighted by Gasteiger charge is 2.39. The molecule has 0 unspecified atom stereocenters. The first-order chi connectivity index (χ1) is 35.5. The zero-order chi connectivity index (χ0) is 48.9. The minimum atomic E-state index is -0.175. The largest absolute Gasteiger partial charge is 0.0619 e. The maximum atomic E-state index is 2.61. The summed E-state index contributed by atoms with van der Waals surface area (Å²) in [6, 6.07) is 80.0. The van der Waals surface area contributed by atoms with Gasteiger partial charge in [0.15, 0.2) is 0 Å². The van der Waals surface area contributed by atoms with Gasteiger partial charge in [-0.15, -0.1) is 0 Å². The van der Waals surface area contributed by atoms with Crippen molar-refractivity contribution in [2.75, 3.05) is 0 Å². The first-order valence-electron chi connectivity index (χ1n) is 26.2. The zero-order valence-electron chi connectivity index (χ0n) is 42.1. The van der Waals surface area contributed by atoms with Crippen molar-refractivity contribution >= 4 is 64.6 Å². The van der Waals surface area contributed by atoms with Crippen LogP contribution in [0.15, 0.2) is 206 Å². The maximum Gasteiger partial charge on any atom is 0.0159 e. The summed E-state index contributed by atoms with van der Waals surface area (Å²) >= 11 is 0. The Morgan fingerprint density at radius 3 is 1.21 bits per heavy atom. The molecule has 0 atom stereocenters. The third kappa shape index (κ3) is 5.26. The molecule has 0 aliphatic heterocycles. The van der Waals surface area contributed by atoms with Crippen molar-refractivity contribution in [1.29, 1.82) is 0 Å². The summed E-state index contributed by atoms with van der Waals surface area (Å²) in [6.45, 7) is 14.5. The molecule has 0 fully saturated rings. The molecule has 13 aromatic rings. The first-order valence-corrected chi connectivity index (χ1v) is 26.2. The van der Waals surface area contributed by atoms with Crippen LogP contribution in [0.1, 0.15) is 74.9 Å². The molecule has 0 heteroatoms. The SMILES string of the molecule is CC1(C)c2ccccc2-c2ccc(-c3c4ccc(-c5ccc6c7cccc8cccc(c9cccc5c96)c87)cc4c(-c4ccc5c(c4)C(C)(C)c4ccccc4-5)c4cc5c(cc34)-c3ccccc3C5(C)C)cc21. The van der Waals surface area contributed by atoms with E-state index in [1.165, 1.54) is 165 Å². The van der Waals surface area contributed by atoms with Crippen molar-refractivity contribution in [3.63, 3.8) is 0 Å². The lowest BCUT2D eigenvalue weighted by atomic mass is 9.77. The van der Waals surface area contributed by atoms with Crippen LogP contribution in [-0.2, 0) is 16.2 Å². The molecule has 0 N–H and O–H groups in total. The molecule has 0 nitrogen and oxygen atoms in total. The molecule has 0 saturated carbocycles. The fourth-order valence-electron chi connectivity index (χ4n) is 14.8. The van der Waals surface area contributed by atoms with Crippen LogP contribution in [0.5, 0.6) is 0 Å². The quantitative estimate of drug-likeness (QED) is 0.122. The second-order valence-electron chi connectivity index (χ2n) is 23.1. The predicted octanol–water partition coefficient (Wildman–Crippen LogP) is 20.0. The standard InChI is InChI=1S/C73H52/c1-71(2)61-25-10-7-18-46(61)49-31-29-43(37-64(49)71)68-56-33-28-42(45-34-35-55-53-22-14-17-41-16-13-21-52(67(41)53)54-24-15-23-51(45)70(54)55)36-58(56)69(44-30-32-50-47-19-8-11-26-62(47)72(3,4)65(50)38-44)60-40-66-57(39-59(60)68)48-20-9-12-27-63(48)73(66,5)6/h7-40H,1-6H3. The molecular formula is C73H52. The van der Waals surface area contributed by atoms with Gasteiger partial charge in [0.1, 0.15) is 0 Å². The fraction of sp³-hybridized carbons (Fsp3) is 0.123. The molecule has 3 aliphatic rings. The van der Waals surface area contributed by atoms with Crippen LogP contribution in [-0.4, -0.2) is 0 Å². The van der Waals surface area contributed by atoms with Gasteiger partial charge in [-0.25, -0.2) is 0 Å². The zero-order valence-corrected chi connectivity index (χ0v) is 42.1. The van der Waals surface area contributed by atoms with E-state index in [9.17, 15) is 0 Å². The van der Waals surface area contributed by atoms with Crippen LogP contribution in [0.2, 0.25) is 0 Å². The Balaban J connectivity index is 1.04. The van der Waals surface area contributed by atoms with Gasteiger partial charge >= 0.3 is 0 Å². The molecule has 0 amide bonds. The third-order valence-electron chi connectivity index (χ3n) is 18.4. The summed E-state index contributed by atoms with van der Waals surface area (Å²) in [6.07, 6.45) is 0. The molecule has 0 aromatic heterocycles. The van der Waals surface area contributed by atoms with E-state index in [0.29, 0.717) is 0 Å². The van der Waals surface area contributed by atoms with Crippen LogP contribution in [0, 0.1) is 0 Å². The van der Waals surface area contributed by atoms with E-state index < -0.39 is 0 Å². The van der Waals surface area contributed by atoms with Crippen LogP contribution < -0.4 is 0 Å². The van der Waals surface area contributed by atoms with Gasteiger partial charge < -0.3 is 0 Å². The lowest BCUT2D eigenvalue weighted by molar-refractivity contribution is 0.660. The van der Waals surface area contributed by atoms with Crippen LogP contribution in [0.4, 0.5) is 0 Å². The molecule has 0 bridgehead atoms. The monoisotopic (exact) mass is 928 g/mol. The summed E-state index contributed by atoms with van der Waals surface area (Å²) in [5.41, 5.74) is 23.6. The lowest BCUT2D eigenvalue weighted by Gasteiger charge is -2.26. The number of benzene rings is 13. The van der Waals surface area contributed by atoms with Gasteiger partial charge in [-0.2, -0.15) is 0 Å². The summed E-state index contributed by atoms with van der Waals surface area (Å²) in [4.78, 5) is 0. The van der Waals surface area contributed by atoms with E-state index in [1.807, 2.05) is 0 Å². The van der Waals surface area contributed by atoms with E-state index >= 15 is 0 Å². The van der Waals surface area contributed by atoms with Crippen LogP contribution >= 0.6 is 0 Å². The Bertz CT molecular complexity index is 4580. The van der Waals surface area contributed by atoms with Gasteiger partial charge in [-0.05, 0) is 195 Å². The van der Waals surface area contributed by atoms with Gasteiger partial charge in [-0.1, -0.05) is 217 Å². The second kappa shape index (κ2) is 14.0. The minimum Gasteiger partial charge on any atom is -0.0619 e. The Morgan fingerprint density at radius 2 is 0.616 bits per heavy atom. The van der Waals surface area contributed by atoms with Gasteiger partial charge in [0, 0.05) is 16.2 Å². The fourth-order valence-corrected chi connectivity index (χ4v) is 14.8. The maximum absolute atomic E-state index is 2.61. The minimum absolute atomic E-state index is 0.139. The number of hydrogen-bond acceptors (Lipinski definition) is 0. The van der Waals surface area contributed by atoms with Crippen molar-refractivity contribution in [2.45, 2.75) is 57.8 Å². The molecular weight excluding hydrogens is 877 g/mol. The third-order valence-corrected chi connectivity index (χ3v) is 18.4. The van der Waals surface area contributed by atoms with E-state index in [-0.39, 0.29) is 16.2 Å². The van der Waals surface area contributed by atoms with E-state index in [0.717, 1.165) is 0 Å². The van der Waals surface area contributed by atoms with Gasteiger partial charge in [0.25, 0.3) is 0 Å². The molecule has 16 rings (SSSR count). The Kier molecular flexibility index (Phi) is 7.92. The molecule has 73 heavy (non-hydrogen) atoms. The smallest absolute Gasteiger partial charge is 0.0159 e. The molecule has 3 aliphatic carbocycles. The average Bonchev–Trinajstić information content (AvgIpc) is 3.93. The normalized spacial score (nSPS) is 15.3. The summed E-state index contributed by atoms with van der Waals surface area (Å²) in [5.74, 6) is 0. The highest BCUT2D eigenvalue weighted by atomic mass is 14.4. The van der Waals surface area contributed by atoms with Gasteiger partial charge in [-0.3, -0.25) is 0 Å². The predicted molar refractivity (Wildman–Crippen MR) is 312 cm³/mol. The Labute approximate surface area is 426 Å².